The Hall–Kier alpha value is -2.60. The molecule has 27 heavy (non-hydrogen) atoms. The van der Waals surface area contributed by atoms with Gasteiger partial charge in [0.2, 0.25) is 5.91 Å². The fourth-order valence-electron chi connectivity index (χ4n) is 3.50. The summed E-state index contributed by atoms with van der Waals surface area (Å²) in [7, 11) is 0. The number of anilines is 1. The number of benzene rings is 1. The van der Waals surface area contributed by atoms with E-state index in [1.54, 1.807) is 24.2 Å². The second kappa shape index (κ2) is 7.56. The first-order chi connectivity index (χ1) is 13.2. The van der Waals surface area contributed by atoms with Crippen molar-refractivity contribution in [3.8, 4) is 5.82 Å². The van der Waals surface area contributed by atoms with Crippen LogP contribution in [0.2, 0.25) is 0 Å². The molecule has 4 rings (SSSR count). The molecule has 1 N–H and O–H groups in total. The Morgan fingerprint density at radius 2 is 1.89 bits per heavy atom. The van der Waals surface area contributed by atoms with Gasteiger partial charge in [-0.2, -0.15) is 0 Å². The number of nitrogens with one attached hydrogen (secondary N) is 1. The van der Waals surface area contributed by atoms with Gasteiger partial charge in [-0.05, 0) is 44.0 Å². The van der Waals surface area contributed by atoms with Gasteiger partial charge in [-0.1, -0.05) is 31.0 Å². The maximum atomic E-state index is 13.1. The number of thioether (sulfide) groups is 1. The van der Waals surface area contributed by atoms with Crippen molar-refractivity contribution in [1.29, 1.82) is 0 Å². The van der Waals surface area contributed by atoms with Crippen LogP contribution < -0.4 is 5.32 Å². The van der Waals surface area contributed by atoms with Gasteiger partial charge < -0.3 is 5.32 Å². The van der Waals surface area contributed by atoms with Gasteiger partial charge in [-0.15, -0.1) is 11.8 Å². The lowest BCUT2D eigenvalue weighted by Gasteiger charge is -2.27. The quantitative estimate of drug-likeness (QED) is 0.704. The molecule has 3 aromatic rings. The van der Waals surface area contributed by atoms with Gasteiger partial charge >= 0.3 is 0 Å². The van der Waals surface area contributed by atoms with Gasteiger partial charge in [0.05, 0.1) is 16.6 Å². The van der Waals surface area contributed by atoms with E-state index in [0.717, 1.165) is 47.9 Å². The van der Waals surface area contributed by atoms with E-state index >= 15 is 0 Å². The SMILES string of the molecule is Cc1nccn1-c1ccc(NC(=O)C2(Sc3ccccc3)CCCC2)cn1. The molecular weight excluding hydrogens is 356 g/mol. The molecule has 0 unspecified atom stereocenters. The summed E-state index contributed by atoms with van der Waals surface area (Å²) in [5, 5.41) is 3.08. The molecule has 1 aromatic carbocycles. The number of carbonyl (C=O) groups is 1. The number of rotatable bonds is 5. The molecule has 138 valence electrons. The second-order valence-electron chi connectivity index (χ2n) is 6.82. The Balaban J connectivity index is 1.50. The van der Waals surface area contributed by atoms with Crippen LogP contribution in [0, 0.1) is 6.92 Å². The molecule has 0 bridgehead atoms. The topological polar surface area (TPSA) is 59.8 Å². The van der Waals surface area contributed by atoms with Crippen molar-refractivity contribution in [1.82, 2.24) is 14.5 Å². The van der Waals surface area contributed by atoms with Crippen molar-refractivity contribution < 1.29 is 4.79 Å². The van der Waals surface area contributed by atoms with Gasteiger partial charge in [0.1, 0.15) is 11.6 Å². The zero-order chi connectivity index (χ0) is 18.7. The molecule has 0 atom stereocenters. The van der Waals surface area contributed by atoms with E-state index < -0.39 is 4.75 Å². The molecule has 6 heteroatoms. The summed E-state index contributed by atoms with van der Waals surface area (Å²) < 4.78 is 1.51. The molecule has 0 saturated heterocycles. The zero-order valence-electron chi connectivity index (χ0n) is 15.3. The molecule has 5 nitrogen and oxygen atoms in total. The van der Waals surface area contributed by atoms with E-state index in [1.807, 2.05) is 48.0 Å². The lowest BCUT2D eigenvalue weighted by Crippen LogP contribution is -2.37. The smallest absolute Gasteiger partial charge is 0.241 e. The molecule has 1 aliphatic rings. The third kappa shape index (κ3) is 3.76. The summed E-state index contributed by atoms with van der Waals surface area (Å²) in [5.41, 5.74) is 0.724. The van der Waals surface area contributed by atoms with Crippen molar-refractivity contribution in [2.24, 2.45) is 0 Å². The maximum absolute atomic E-state index is 13.1. The number of pyridine rings is 1. The minimum absolute atomic E-state index is 0.0715. The van der Waals surface area contributed by atoms with Crippen molar-refractivity contribution in [2.45, 2.75) is 42.2 Å². The van der Waals surface area contributed by atoms with E-state index in [1.165, 1.54) is 0 Å². The minimum atomic E-state index is -0.402. The zero-order valence-corrected chi connectivity index (χ0v) is 16.1. The molecule has 2 aromatic heterocycles. The Morgan fingerprint density at radius 1 is 1.11 bits per heavy atom. The third-order valence-corrected chi connectivity index (χ3v) is 6.45. The van der Waals surface area contributed by atoms with E-state index in [0.29, 0.717) is 0 Å². The maximum Gasteiger partial charge on any atom is 0.241 e. The standard InChI is InChI=1S/C21H22N4OS/c1-16-22-13-14-25(16)19-10-9-17(15-23-19)24-20(26)21(11-5-6-12-21)27-18-7-3-2-4-8-18/h2-4,7-10,13-15H,5-6,11-12H2,1H3,(H,24,26). The highest BCUT2D eigenvalue weighted by Gasteiger charge is 2.42. The summed E-state index contributed by atoms with van der Waals surface area (Å²) in [4.78, 5) is 23.0. The van der Waals surface area contributed by atoms with E-state index in [9.17, 15) is 4.79 Å². The van der Waals surface area contributed by atoms with Crippen LogP contribution in [0.25, 0.3) is 5.82 Å². The van der Waals surface area contributed by atoms with Crippen molar-refractivity contribution in [3.05, 3.63) is 66.9 Å². The van der Waals surface area contributed by atoms with E-state index in [4.69, 9.17) is 0 Å². The summed E-state index contributed by atoms with van der Waals surface area (Å²) in [6.45, 7) is 1.93. The number of hydrogen-bond donors (Lipinski definition) is 1. The highest BCUT2D eigenvalue weighted by molar-refractivity contribution is 8.01. The van der Waals surface area contributed by atoms with Gasteiger partial charge in [-0.25, -0.2) is 9.97 Å². The fourth-order valence-corrected chi connectivity index (χ4v) is 4.88. The van der Waals surface area contributed by atoms with Crippen LogP contribution in [0.1, 0.15) is 31.5 Å². The second-order valence-corrected chi connectivity index (χ2v) is 8.28. The Morgan fingerprint density at radius 3 is 2.52 bits per heavy atom. The van der Waals surface area contributed by atoms with Crippen LogP contribution in [0.15, 0.2) is 66.0 Å². The Kier molecular flexibility index (Phi) is 4.99. The number of imidazole rings is 1. The van der Waals surface area contributed by atoms with Gasteiger partial charge in [0, 0.05) is 17.3 Å². The summed E-state index contributed by atoms with van der Waals surface area (Å²) >= 11 is 1.68. The van der Waals surface area contributed by atoms with E-state index in [-0.39, 0.29) is 5.91 Å². The van der Waals surface area contributed by atoms with Gasteiger partial charge in [0.25, 0.3) is 0 Å². The molecule has 0 spiro atoms. The number of aromatic nitrogens is 3. The largest absolute Gasteiger partial charge is 0.323 e. The first kappa shape index (κ1) is 17.8. The van der Waals surface area contributed by atoms with Crippen LogP contribution in [0.5, 0.6) is 0 Å². The average molecular weight is 379 g/mol. The first-order valence-electron chi connectivity index (χ1n) is 9.18. The summed E-state index contributed by atoms with van der Waals surface area (Å²) in [5.74, 6) is 1.74. The molecule has 1 saturated carbocycles. The Bertz CT molecular complexity index is 915. The molecule has 0 aliphatic heterocycles. The highest BCUT2D eigenvalue weighted by atomic mass is 32.2. The van der Waals surface area contributed by atoms with Crippen LogP contribution in [0.4, 0.5) is 5.69 Å². The summed E-state index contributed by atoms with van der Waals surface area (Å²) in [6, 6.07) is 14.0. The molecule has 0 radical (unpaired) electrons. The molecular formula is C21H22N4OS. The van der Waals surface area contributed by atoms with Crippen LogP contribution in [0.3, 0.4) is 0 Å². The summed E-state index contributed by atoms with van der Waals surface area (Å²) in [6.07, 6.45) is 9.31. The van der Waals surface area contributed by atoms with Crippen LogP contribution in [-0.4, -0.2) is 25.2 Å². The first-order valence-corrected chi connectivity index (χ1v) is 10.00. The number of aryl methyl sites for hydroxylation is 1. The third-order valence-electron chi connectivity index (χ3n) is 4.96. The fraction of sp³-hybridized carbons (Fsp3) is 0.286. The Labute approximate surface area is 163 Å². The molecule has 1 fully saturated rings. The number of nitrogens with zero attached hydrogens (tertiary/aromatic N) is 3. The van der Waals surface area contributed by atoms with Crippen LogP contribution in [-0.2, 0) is 4.79 Å². The normalized spacial score (nSPS) is 15.6. The molecule has 1 amide bonds. The van der Waals surface area contributed by atoms with Crippen molar-refractivity contribution >= 4 is 23.4 Å². The lowest BCUT2D eigenvalue weighted by atomic mass is 10.1. The number of carbonyl (C=O) groups excluding carboxylic acids is 1. The van der Waals surface area contributed by atoms with Gasteiger partial charge in [-0.3, -0.25) is 9.36 Å². The van der Waals surface area contributed by atoms with E-state index in [2.05, 4.69) is 27.4 Å². The average Bonchev–Trinajstić information content (AvgIpc) is 3.33. The number of amides is 1. The lowest BCUT2D eigenvalue weighted by molar-refractivity contribution is -0.118. The molecule has 2 heterocycles. The molecule has 1 aliphatic carbocycles. The predicted octanol–water partition coefficient (Wildman–Crippen LogP) is 4.62. The predicted molar refractivity (Wildman–Crippen MR) is 108 cm³/mol. The van der Waals surface area contributed by atoms with Crippen LogP contribution >= 0.6 is 11.8 Å². The minimum Gasteiger partial charge on any atom is -0.323 e. The van der Waals surface area contributed by atoms with Gasteiger partial charge in [0.15, 0.2) is 0 Å². The highest BCUT2D eigenvalue weighted by Crippen LogP contribution is 2.46. The van der Waals surface area contributed by atoms with Crippen molar-refractivity contribution in [3.63, 3.8) is 0 Å². The monoisotopic (exact) mass is 378 g/mol. The van der Waals surface area contributed by atoms with Crippen molar-refractivity contribution in [2.75, 3.05) is 5.32 Å². The number of hydrogen-bond acceptors (Lipinski definition) is 4.